The van der Waals surface area contributed by atoms with Crippen LogP contribution in [0.4, 0.5) is 0 Å². The summed E-state index contributed by atoms with van der Waals surface area (Å²) in [7, 11) is 0. The molecule has 0 aliphatic heterocycles. The zero-order valence-corrected chi connectivity index (χ0v) is 10.2. The van der Waals surface area contributed by atoms with Crippen molar-refractivity contribution in [3.05, 3.63) is 33.8 Å². The zero-order chi connectivity index (χ0) is 11.7. The van der Waals surface area contributed by atoms with Crippen LogP contribution in [-0.4, -0.2) is 22.4 Å². The second-order valence-corrected chi connectivity index (χ2v) is 5.16. The van der Waals surface area contributed by atoms with Crippen molar-refractivity contribution in [2.75, 3.05) is 0 Å². The maximum absolute atomic E-state index is 9.73. The van der Waals surface area contributed by atoms with Gasteiger partial charge in [-0.3, -0.25) is 0 Å². The lowest BCUT2D eigenvalue weighted by Gasteiger charge is -2.16. The first-order valence-electron chi connectivity index (χ1n) is 5.38. The number of aliphatic hydroxyl groups excluding tert-OH is 2. The van der Waals surface area contributed by atoms with Crippen LogP contribution in [0.2, 0.25) is 10.0 Å². The van der Waals surface area contributed by atoms with E-state index < -0.39 is 12.2 Å². The smallest absolute Gasteiger partial charge is 0.0830 e. The van der Waals surface area contributed by atoms with E-state index in [0.29, 0.717) is 16.5 Å². The number of benzene rings is 1. The van der Waals surface area contributed by atoms with E-state index in [9.17, 15) is 10.2 Å². The second-order valence-electron chi connectivity index (χ2n) is 4.35. The van der Waals surface area contributed by atoms with Crippen LogP contribution >= 0.6 is 23.2 Å². The fourth-order valence-electron chi connectivity index (χ4n) is 2.23. The van der Waals surface area contributed by atoms with Gasteiger partial charge in [0.25, 0.3) is 0 Å². The van der Waals surface area contributed by atoms with Gasteiger partial charge in [0.15, 0.2) is 0 Å². The fourth-order valence-corrected chi connectivity index (χ4v) is 2.55. The average molecular weight is 261 g/mol. The standard InChI is InChI=1S/C12H14Cl2O2/c13-9-3-1-7(6-10(9)14)5-8-2-4-11(15)12(8)16/h1,3,6,8,11-12,15-16H,2,4-5H2. The van der Waals surface area contributed by atoms with Crippen LogP contribution in [0.5, 0.6) is 0 Å². The van der Waals surface area contributed by atoms with Gasteiger partial charge in [0.1, 0.15) is 0 Å². The summed E-state index contributed by atoms with van der Waals surface area (Å²) < 4.78 is 0. The first-order valence-corrected chi connectivity index (χ1v) is 6.13. The minimum atomic E-state index is -0.616. The van der Waals surface area contributed by atoms with Gasteiger partial charge in [0.05, 0.1) is 22.3 Å². The molecule has 16 heavy (non-hydrogen) atoms. The minimum absolute atomic E-state index is 0.118. The van der Waals surface area contributed by atoms with Gasteiger partial charge in [-0.05, 0) is 42.9 Å². The van der Waals surface area contributed by atoms with E-state index >= 15 is 0 Å². The summed E-state index contributed by atoms with van der Waals surface area (Å²) in [4.78, 5) is 0. The highest BCUT2D eigenvalue weighted by Crippen LogP contribution is 2.31. The highest BCUT2D eigenvalue weighted by Gasteiger charge is 2.33. The van der Waals surface area contributed by atoms with E-state index in [2.05, 4.69) is 0 Å². The van der Waals surface area contributed by atoms with Crippen LogP contribution in [0.15, 0.2) is 18.2 Å². The van der Waals surface area contributed by atoms with Gasteiger partial charge in [0.2, 0.25) is 0 Å². The first-order chi connectivity index (χ1) is 7.58. The third-order valence-electron chi connectivity index (χ3n) is 3.19. The molecule has 1 aromatic rings. The van der Waals surface area contributed by atoms with Crippen molar-refractivity contribution in [1.82, 2.24) is 0 Å². The molecule has 0 amide bonds. The van der Waals surface area contributed by atoms with Crippen molar-refractivity contribution in [2.24, 2.45) is 5.92 Å². The largest absolute Gasteiger partial charge is 0.390 e. The van der Waals surface area contributed by atoms with Crippen molar-refractivity contribution in [3.8, 4) is 0 Å². The van der Waals surface area contributed by atoms with Crippen LogP contribution in [0.25, 0.3) is 0 Å². The van der Waals surface area contributed by atoms with E-state index in [1.807, 2.05) is 12.1 Å². The Balaban J connectivity index is 2.07. The molecule has 0 aromatic heterocycles. The van der Waals surface area contributed by atoms with E-state index in [1.54, 1.807) is 6.07 Å². The molecule has 2 nitrogen and oxygen atoms in total. The van der Waals surface area contributed by atoms with E-state index in [-0.39, 0.29) is 5.92 Å². The molecule has 0 saturated heterocycles. The van der Waals surface area contributed by atoms with Crippen LogP contribution in [0, 0.1) is 5.92 Å². The molecule has 0 bridgehead atoms. The van der Waals surface area contributed by atoms with Gasteiger partial charge >= 0.3 is 0 Å². The highest BCUT2D eigenvalue weighted by atomic mass is 35.5. The number of aliphatic hydroxyl groups is 2. The second kappa shape index (κ2) is 4.92. The van der Waals surface area contributed by atoms with Crippen molar-refractivity contribution in [3.63, 3.8) is 0 Å². The molecule has 1 aromatic carbocycles. The van der Waals surface area contributed by atoms with Crippen LogP contribution in [-0.2, 0) is 6.42 Å². The summed E-state index contributed by atoms with van der Waals surface area (Å²) in [6.07, 6.45) is 1.06. The van der Waals surface area contributed by atoms with Crippen molar-refractivity contribution >= 4 is 23.2 Å². The minimum Gasteiger partial charge on any atom is -0.390 e. The van der Waals surface area contributed by atoms with Crippen LogP contribution in [0.3, 0.4) is 0 Å². The highest BCUT2D eigenvalue weighted by molar-refractivity contribution is 6.42. The summed E-state index contributed by atoms with van der Waals surface area (Å²) in [5.74, 6) is 0.118. The molecule has 0 radical (unpaired) electrons. The van der Waals surface area contributed by atoms with Gasteiger partial charge < -0.3 is 10.2 Å². The monoisotopic (exact) mass is 260 g/mol. The third kappa shape index (κ3) is 2.51. The van der Waals surface area contributed by atoms with Gasteiger partial charge in [-0.15, -0.1) is 0 Å². The Kier molecular flexibility index (Phi) is 3.75. The molecule has 2 rings (SSSR count). The van der Waals surface area contributed by atoms with Gasteiger partial charge in [-0.2, -0.15) is 0 Å². The van der Waals surface area contributed by atoms with E-state index in [4.69, 9.17) is 23.2 Å². The molecule has 4 heteroatoms. The molecule has 1 aliphatic rings. The molecule has 1 saturated carbocycles. The lowest BCUT2D eigenvalue weighted by atomic mass is 9.96. The Morgan fingerprint density at radius 1 is 1.12 bits per heavy atom. The summed E-state index contributed by atoms with van der Waals surface area (Å²) in [6, 6.07) is 5.49. The third-order valence-corrected chi connectivity index (χ3v) is 3.93. The maximum Gasteiger partial charge on any atom is 0.0830 e. The lowest BCUT2D eigenvalue weighted by molar-refractivity contribution is 0.0207. The molecule has 0 spiro atoms. The molecular formula is C12H14Cl2O2. The molecule has 0 heterocycles. The number of halogens is 2. The predicted molar refractivity (Wildman–Crippen MR) is 64.9 cm³/mol. The summed E-state index contributed by atoms with van der Waals surface area (Å²) in [5.41, 5.74) is 1.05. The van der Waals surface area contributed by atoms with Gasteiger partial charge in [-0.25, -0.2) is 0 Å². The Labute approximate surface area is 105 Å². The fraction of sp³-hybridized carbons (Fsp3) is 0.500. The Morgan fingerprint density at radius 3 is 2.44 bits per heavy atom. The Bertz CT molecular complexity index is 381. The van der Waals surface area contributed by atoms with E-state index in [1.165, 1.54) is 0 Å². The van der Waals surface area contributed by atoms with Gasteiger partial charge in [-0.1, -0.05) is 29.3 Å². The number of hydrogen-bond donors (Lipinski definition) is 2. The van der Waals surface area contributed by atoms with Gasteiger partial charge in [0, 0.05) is 0 Å². The first kappa shape index (κ1) is 12.2. The number of hydrogen-bond acceptors (Lipinski definition) is 2. The molecule has 1 fully saturated rings. The quantitative estimate of drug-likeness (QED) is 0.859. The van der Waals surface area contributed by atoms with Crippen molar-refractivity contribution in [2.45, 2.75) is 31.5 Å². The SMILES string of the molecule is OC1CCC(Cc2ccc(Cl)c(Cl)c2)C1O. The molecule has 3 atom stereocenters. The number of rotatable bonds is 2. The molecule has 88 valence electrons. The molecule has 2 N–H and O–H groups in total. The molecule has 3 unspecified atom stereocenters. The van der Waals surface area contributed by atoms with Crippen molar-refractivity contribution in [1.29, 1.82) is 0 Å². The van der Waals surface area contributed by atoms with E-state index in [0.717, 1.165) is 18.4 Å². The average Bonchev–Trinajstić information content (AvgIpc) is 2.55. The normalized spacial score (nSPS) is 29.6. The predicted octanol–water partition coefficient (Wildman–Crippen LogP) is 2.67. The summed E-state index contributed by atoms with van der Waals surface area (Å²) in [6.45, 7) is 0. The maximum atomic E-state index is 9.73. The van der Waals surface area contributed by atoms with Crippen LogP contribution in [0.1, 0.15) is 18.4 Å². The van der Waals surface area contributed by atoms with Crippen LogP contribution < -0.4 is 0 Å². The topological polar surface area (TPSA) is 40.5 Å². The molecular weight excluding hydrogens is 247 g/mol. The lowest BCUT2D eigenvalue weighted by Crippen LogP contribution is -2.26. The Morgan fingerprint density at radius 2 is 1.88 bits per heavy atom. The Hall–Kier alpha value is -0.280. The summed E-state index contributed by atoms with van der Waals surface area (Å²) in [5, 5.41) is 20.3. The zero-order valence-electron chi connectivity index (χ0n) is 8.74. The van der Waals surface area contributed by atoms with Crippen molar-refractivity contribution < 1.29 is 10.2 Å². The summed E-state index contributed by atoms with van der Waals surface area (Å²) >= 11 is 11.7. The molecule has 1 aliphatic carbocycles.